The predicted octanol–water partition coefficient (Wildman–Crippen LogP) is 2.26. The summed E-state index contributed by atoms with van der Waals surface area (Å²) in [7, 11) is 2.19. The predicted molar refractivity (Wildman–Crippen MR) is 71.2 cm³/mol. The van der Waals surface area contributed by atoms with E-state index in [9.17, 15) is 0 Å². The highest BCUT2D eigenvalue weighted by atomic mass is 35.5. The van der Waals surface area contributed by atoms with E-state index in [1.807, 2.05) is 12.1 Å². The van der Waals surface area contributed by atoms with Crippen molar-refractivity contribution in [1.82, 2.24) is 14.8 Å². The van der Waals surface area contributed by atoms with E-state index >= 15 is 0 Å². The minimum Gasteiger partial charge on any atom is -0.305 e. The highest BCUT2D eigenvalue weighted by Crippen LogP contribution is 2.14. The van der Waals surface area contributed by atoms with E-state index in [1.54, 1.807) is 6.20 Å². The molecule has 0 saturated carbocycles. The number of hydrogen-bond acceptors (Lipinski definition) is 3. The van der Waals surface area contributed by atoms with E-state index in [0.717, 1.165) is 30.4 Å². The van der Waals surface area contributed by atoms with E-state index in [4.69, 9.17) is 11.6 Å². The lowest BCUT2D eigenvalue weighted by atomic mass is 10.2. The molecule has 17 heavy (non-hydrogen) atoms. The van der Waals surface area contributed by atoms with Crippen molar-refractivity contribution in [3.05, 3.63) is 29.0 Å². The van der Waals surface area contributed by atoms with E-state index < -0.39 is 0 Å². The van der Waals surface area contributed by atoms with E-state index in [0.29, 0.717) is 6.04 Å². The lowest BCUT2D eigenvalue weighted by molar-refractivity contribution is 0.192. The van der Waals surface area contributed by atoms with Crippen LogP contribution in [0.2, 0.25) is 5.02 Å². The zero-order valence-corrected chi connectivity index (χ0v) is 11.3. The van der Waals surface area contributed by atoms with Gasteiger partial charge in [0.2, 0.25) is 0 Å². The first kappa shape index (κ1) is 12.8. The Morgan fingerprint density at radius 2 is 2.29 bits per heavy atom. The van der Waals surface area contributed by atoms with Gasteiger partial charge in [0.1, 0.15) is 0 Å². The van der Waals surface area contributed by atoms with Crippen LogP contribution in [-0.2, 0) is 6.54 Å². The third-order valence-electron chi connectivity index (χ3n) is 3.33. The van der Waals surface area contributed by atoms with Crippen molar-refractivity contribution in [3.8, 4) is 0 Å². The maximum absolute atomic E-state index is 5.99. The van der Waals surface area contributed by atoms with Gasteiger partial charge in [-0.3, -0.25) is 9.88 Å². The summed E-state index contributed by atoms with van der Waals surface area (Å²) in [5.41, 5.74) is 1.06. The van der Waals surface area contributed by atoms with Crippen LogP contribution < -0.4 is 0 Å². The van der Waals surface area contributed by atoms with Crippen LogP contribution in [0.3, 0.4) is 0 Å². The Balaban J connectivity index is 2.02. The standard InChI is InChI=1S/C13H20ClN3/c1-11-9-16(2)6-3-7-17(11)10-13-8-12(14)4-5-15-13/h4-5,8,11H,3,6-7,9-10H2,1-2H3. The van der Waals surface area contributed by atoms with Gasteiger partial charge in [-0.1, -0.05) is 11.6 Å². The van der Waals surface area contributed by atoms with Crippen LogP contribution in [0.15, 0.2) is 18.3 Å². The molecule has 3 nitrogen and oxygen atoms in total. The molecular formula is C13H20ClN3. The minimum absolute atomic E-state index is 0.572. The zero-order chi connectivity index (χ0) is 12.3. The van der Waals surface area contributed by atoms with Crippen LogP contribution in [0, 0.1) is 0 Å². The summed E-state index contributed by atoms with van der Waals surface area (Å²) in [5, 5.41) is 0.773. The van der Waals surface area contributed by atoms with Crippen molar-refractivity contribution in [3.63, 3.8) is 0 Å². The highest BCUT2D eigenvalue weighted by molar-refractivity contribution is 6.30. The van der Waals surface area contributed by atoms with Crippen molar-refractivity contribution >= 4 is 11.6 Å². The Morgan fingerprint density at radius 1 is 1.47 bits per heavy atom. The summed E-state index contributed by atoms with van der Waals surface area (Å²) < 4.78 is 0. The summed E-state index contributed by atoms with van der Waals surface area (Å²) in [5.74, 6) is 0. The van der Waals surface area contributed by atoms with Crippen LogP contribution in [0.5, 0.6) is 0 Å². The maximum atomic E-state index is 5.99. The second kappa shape index (κ2) is 5.80. The molecule has 1 aliphatic rings. The van der Waals surface area contributed by atoms with Gasteiger partial charge < -0.3 is 4.90 Å². The first-order valence-corrected chi connectivity index (χ1v) is 6.56. The molecule has 2 heterocycles. The largest absolute Gasteiger partial charge is 0.305 e. The topological polar surface area (TPSA) is 19.4 Å². The van der Waals surface area contributed by atoms with E-state index in [2.05, 4.69) is 28.8 Å². The van der Waals surface area contributed by atoms with Crippen molar-refractivity contribution in [2.24, 2.45) is 0 Å². The Bertz CT molecular complexity index is 369. The van der Waals surface area contributed by atoms with Gasteiger partial charge in [0.25, 0.3) is 0 Å². The van der Waals surface area contributed by atoms with Crippen LogP contribution in [-0.4, -0.2) is 47.5 Å². The first-order chi connectivity index (χ1) is 8.15. The minimum atomic E-state index is 0.572. The fourth-order valence-corrected chi connectivity index (χ4v) is 2.58. The Morgan fingerprint density at radius 3 is 3.06 bits per heavy atom. The maximum Gasteiger partial charge on any atom is 0.0558 e. The fourth-order valence-electron chi connectivity index (χ4n) is 2.40. The molecule has 1 unspecified atom stereocenters. The van der Waals surface area contributed by atoms with Gasteiger partial charge in [0.05, 0.1) is 5.69 Å². The summed E-state index contributed by atoms with van der Waals surface area (Å²) in [6, 6.07) is 4.36. The zero-order valence-electron chi connectivity index (χ0n) is 10.6. The molecule has 0 N–H and O–H groups in total. The van der Waals surface area contributed by atoms with Gasteiger partial charge in [-0.15, -0.1) is 0 Å². The number of likely N-dealkylation sites (N-methyl/N-ethyl adjacent to an activating group) is 1. The van der Waals surface area contributed by atoms with Crippen LogP contribution in [0.25, 0.3) is 0 Å². The summed E-state index contributed by atoms with van der Waals surface area (Å²) in [4.78, 5) is 9.27. The molecule has 2 rings (SSSR count). The molecule has 0 aliphatic carbocycles. The van der Waals surface area contributed by atoms with Crippen molar-refractivity contribution in [1.29, 1.82) is 0 Å². The molecular weight excluding hydrogens is 234 g/mol. The number of pyridine rings is 1. The number of aromatic nitrogens is 1. The smallest absolute Gasteiger partial charge is 0.0558 e. The molecule has 4 heteroatoms. The molecule has 1 aromatic rings. The van der Waals surface area contributed by atoms with Gasteiger partial charge in [-0.2, -0.15) is 0 Å². The lowest BCUT2D eigenvalue weighted by Gasteiger charge is -2.27. The second-order valence-corrected chi connectivity index (χ2v) is 5.34. The second-order valence-electron chi connectivity index (χ2n) is 4.90. The van der Waals surface area contributed by atoms with Gasteiger partial charge in [-0.25, -0.2) is 0 Å². The monoisotopic (exact) mass is 253 g/mol. The first-order valence-electron chi connectivity index (χ1n) is 6.18. The normalized spacial score (nSPS) is 23.6. The molecule has 0 amide bonds. The number of halogens is 1. The van der Waals surface area contributed by atoms with Gasteiger partial charge in [0.15, 0.2) is 0 Å². The Hall–Kier alpha value is -0.640. The van der Waals surface area contributed by atoms with Gasteiger partial charge in [-0.05, 0) is 39.1 Å². The van der Waals surface area contributed by atoms with Gasteiger partial charge >= 0.3 is 0 Å². The van der Waals surface area contributed by atoms with Crippen molar-refractivity contribution in [2.45, 2.75) is 25.9 Å². The lowest BCUT2D eigenvalue weighted by Crippen LogP contribution is -2.37. The molecule has 94 valence electrons. The molecule has 1 atom stereocenters. The van der Waals surface area contributed by atoms with Crippen LogP contribution in [0.1, 0.15) is 19.0 Å². The average Bonchev–Trinajstić information content (AvgIpc) is 2.41. The van der Waals surface area contributed by atoms with Crippen molar-refractivity contribution < 1.29 is 0 Å². The quantitative estimate of drug-likeness (QED) is 0.806. The van der Waals surface area contributed by atoms with Gasteiger partial charge in [0, 0.05) is 36.9 Å². The summed E-state index contributed by atoms with van der Waals surface area (Å²) in [6.07, 6.45) is 3.01. The average molecular weight is 254 g/mol. The van der Waals surface area contributed by atoms with Crippen LogP contribution >= 0.6 is 11.6 Å². The van der Waals surface area contributed by atoms with E-state index in [1.165, 1.54) is 13.0 Å². The Labute approximate surface area is 108 Å². The Kier molecular flexibility index (Phi) is 4.37. The molecule has 0 aromatic carbocycles. The van der Waals surface area contributed by atoms with Crippen LogP contribution in [0.4, 0.5) is 0 Å². The number of rotatable bonds is 2. The molecule has 1 fully saturated rings. The summed E-state index contributed by atoms with van der Waals surface area (Å²) >= 11 is 5.99. The van der Waals surface area contributed by atoms with E-state index in [-0.39, 0.29) is 0 Å². The number of nitrogens with zero attached hydrogens (tertiary/aromatic N) is 3. The third kappa shape index (κ3) is 3.66. The third-order valence-corrected chi connectivity index (χ3v) is 3.56. The van der Waals surface area contributed by atoms with Crippen molar-refractivity contribution in [2.75, 3.05) is 26.7 Å². The molecule has 1 aliphatic heterocycles. The SMILES string of the molecule is CC1CN(C)CCCN1Cc1cc(Cl)ccn1. The molecule has 0 spiro atoms. The molecule has 0 radical (unpaired) electrons. The fraction of sp³-hybridized carbons (Fsp3) is 0.615. The highest BCUT2D eigenvalue weighted by Gasteiger charge is 2.19. The molecule has 1 saturated heterocycles. The molecule has 0 bridgehead atoms. The summed E-state index contributed by atoms with van der Waals surface area (Å²) in [6.45, 7) is 6.63. The number of hydrogen-bond donors (Lipinski definition) is 0. The molecule has 1 aromatic heterocycles.